The zero-order valence-electron chi connectivity index (χ0n) is 6.71. The Balaban J connectivity index is 2.08. The molecule has 2 atom stereocenters. The average Bonchev–Trinajstić information content (AvgIpc) is 2.55. The number of hydrogen-bond acceptors (Lipinski definition) is 2. The zero-order chi connectivity index (χ0) is 7.68. The predicted molar refractivity (Wildman–Crippen MR) is 43.5 cm³/mol. The first kappa shape index (κ1) is 6.92. The molecule has 0 aromatic carbocycles. The Morgan fingerprint density at radius 3 is 3.09 bits per heavy atom. The molecule has 2 nitrogen and oxygen atoms in total. The van der Waals surface area contributed by atoms with E-state index >= 15 is 0 Å². The summed E-state index contributed by atoms with van der Waals surface area (Å²) in [6, 6.07) is 4.66. The molecule has 1 saturated heterocycles. The van der Waals surface area contributed by atoms with Crippen molar-refractivity contribution >= 4 is 0 Å². The Labute approximate surface area is 66.6 Å². The van der Waals surface area contributed by atoms with Gasteiger partial charge in [-0.05, 0) is 25.5 Å². The molecule has 0 spiro atoms. The Kier molecular flexibility index (Phi) is 1.70. The second-order valence-electron chi connectivity index (χ2n) is 3.26. The van der Waals surface area contributed by atoms with Crippen LogP contribution in [0.25, 0.3) is 0 Å². The second-order valence-corrected chi connectivity index (χ2v) is 3.26. The van der Waals surface area contributed by atoms with Crippen molar-refractivity contribution in [1.29, 1.82) is 0 Å². The van der Waals surface area contributed by atoms with Gasteiger partial charge in [0, 0.05) is 18.5 Å². The van der Waals surface area contributed by atoms with Gasteiger partial charge in [-0.1, -0.05) is 0 Å². The second kappa shape index (κ2) is 2.70. The highest BCUT2D eigenvalue weighted by Crippen LogP contribution is 2.25. The third kappa shape index (κ3) is 1.31. The maximum atomic E-state index is 5.33. The molecule has 0 saturated carbocycles. The third-order valence-electron chi connectivity index (χ3n) is 2.30. The molecule has 11 heavy (non-hydrogen) atoms. The molecule has 1 fully saturated rings. The molecular formula is C9H13NO. The Morgan fingerprint density at radius 1 is 1.64 bits per heavy atom. The van der Waals surface area contributed by atoms with Crippen molar-refractivity contribution in [3.05, 3.63) is 24.2 Å². The quantitative estimate of drug-likeness (QED) is 0.661. The summed E-state index contributed by atoms with van der Waals surface area (Å²) in [4.78, 5) is 0. The van der Waals surface area contributed by atoms with E-state index in [1.807, 2.05) is 6.07 Å². The molecule has 2 rings (SSSR count). The van der Waals surface area contributed by atoms with Crippen molar-refractivity contribution in [3.63, 3.8) is 0 Å². The molecule has 60 valence electrons. The molecule has 0 radical (unpaired) electrons. The Bertz CT molecular complexity index is 217. The van der Waals surface area contributed by atoms with Gasteiger partial charge >= 0.3 is 0 Å². The molecule has 2 unspecified atom stereocenters. The number of hydrogen-bond donors (Lipinski definition) is 1. The van der Waals surface area contributed by atoms with Gasteiger partial charge in [-0.2, -0.15) is 0 Å². The lowest BCUT2D eigenvalue weighted by molar-refractivity contribution is 0.471. The van der Waals surface area contributed by atoms with Crippen LogP contribution in [0.3, 0.4) is 0 Å². The Morgan fingerprint density at radius 2 is 2.55 bits per heavy atom. The molecular weight excluding hydrogens is 138 g/mol. The lowest BCUT2D eigenvalue weighted by Crippen LogP contribution is -2.16. The van der Waals surface area contributed by atoms with E-state index in [9.17, 15) is 0 Å². The standard InChI is InChI=1S/C9H13NO/c1-7-5-8(6-10-7)9-3-2-4-11-9/h2-4,7-8,10H,5-6H2,1H3. The van der Waals surface area contributed by atoms with Gasteiger partial charge in [-0.15, -0.1) is 0 Å². The van der Waals surface area contributed by atoms with Crippen LogP contribution >= 0.6 is 0 Å². The van der Waals surface area contributed by atoms with E-state index in [2.05, 4.69) is 18.3 Å². The largest absolute Gasteiger partial charge is 0.469 e. The van der Waals surface area contributed by atoms with E-state index in [1.54, 1.807) is 6.26 Å². The number of rotatable bonds is 1. The van der Waals surface area contributed by atoms with E-state index in [0.717, 1.165) is 12.3 Å². The van der Waals surface area contributed by atoms with Crippen LogP contribution in [-0.2, 0) is 0 Å². The van der Waals surface area contributed by atoms with Gasteiger partial charge < -0.3 is 9.73 Å². The molecule has 1 N–H and O–H groups in total. The normalized spacial score (nSPS) is 31.0. The lowest BCUT2D eigenvalue weighted by atomic mass is 10.0. The molecule has 1 aliphatic heterocycles. The van der Waals surface area contributed by atoms with E-state index in [1.165, 1.54) is 6.42 Å². The first-order valence-corrected chi connectivity index (χ1v) is 4.13. The average molecular weight is 151 g/mol. The van der Waals surface area contributed by atoms with Crippen molar-refractivity contribution in [2.75, 3.05) is 6.54 Å². The van der Waals surface area contributed by atoms with Crippen molar-refractivity contribution < 1.29 is 4.42 Å². The highest BCUT2D eigenvalue weighted by atomic mass is 16.3. The summed E-state index contributed by atoms with van der Waals surface area (Å²) in [6.45, 7) is 3.28. The minimum Gasteiger partial charge on any atom is -0.469 e. The maximum absolute atomic E-state index is 5.33. The van der Waals surface area contributed by atoms with Crippen LogP contribution in [-0.4, -0.2) is 12.6 Å². The van der Waals surface area contributed by atoms with Crippen LogP contribution in [0, 0.1) is 0 Å². The van der Waals surface area contributed by atoms with Crippen molar-refractivity contribution in [2.24, 2.45) is 0 Å². The van der Waals surface area contributed by atoms with Crippen LogP contribution in [0.5, 0.6) is 0 Å². The number of nitrogens with one attached hydrogen (secondary N) is 1. The highest BCUT2D eigenvalue weighted by molar-refractivity contribution is 5.08. The van der Waals surface area contributed by atoms with Crippen LogP contribution < -0.4 is 5.32 Å². The molecule has 1 aromatic heterocycles. The molecule has 0 aliphatic carbocycles. The van der Waals surface area contributed by atoms with Crippen LogP contribution in [0.2, 0.25) is 0 Å². The minimum atomic E-state index is 0.597. The van der Waals surface area contributed by atoms with Gasteiger partial charge in [-0.25, -0.2) is 0 Å². The van der Waals surface area contributed by atoms with Crippen molar-refractivity contribution in [1.82, 2.24) is 5.32 Å². The molecule has 2 heteroatoms. The summed E-state index contributed by atoms with van der Waals surface area (Å²) >= 11 is 0. The topological polar surface area (TPSA) is 25.2 Å². The van der Waals surface area contributed by atoms with E-state index in [0.29, 0.717) is 12.0 Å². The van der Waals surface area contributed by atoms with E-state index in [-0.39, 0.29) is 0 Å². The predicted octanol–water partition coefficient (Wildman–Crippen LogP) is 1.75. The monoisotopic (exact) mass is 151 g/mol. The smallest absolute Gasteiger partial charge is 0.108 e. The van der Waals surface area contributed by atoms with Gasteiger partial charge in [-0.3, -0.25) is 0 Å². The van der Waals surface area contributed by atoms with Crippen molar-refractivity contribution in [2.45, 2.75) is 25.3 Å². The van der Waals surface area contributed by atoms with E-state index < -0.39 is 0 Å². The van der Waals surface area contributed by atoms with Crippen LogP contribution in [0.4, 0.5) is 0 Å². The van der Waals surface area contributed by atoms with Gasteiger partial charge in [0.2, 0.25) is 0 Å². The van der Waals surface area contributed by atoms with Gasteiger partial charge in [0.15, 0.2) is 0 Å². The first-order chi connectivity index (χ1) is 5.36. The summed E-state index contributed by atoms with van der Waals surface area (Å²) in [5.74, 6) is 1.72. The number of furan rings is 1. The summed E-state index contributed by atoms with van der Waals surface area (Å²) in [7, 11) is 0. The third-order valence-corrected chi connectivity index (χ3v) is 2.30. The fourth-order valence-electron chi connectivity index (χ4n) is 1.68. The fraction of sp³-hybridized carbons (Fsp3) is 0.556. The molecule has 1 aliphatic rings. The zero-order valence-corrected chi connectivity index (χ0v) is 6.71. The van der Waals surface area contributed by atoms with Gasteiger partial charge in [0.1, 0.15) is 5.76 Å². The molecule has 2 heterocycles. The van der Waals surface area contributed by atoms with Gasteiger partial charge in [0.05, 0.1) is 6.26 Å². The first-order valence-electron chi connectivity index (χ1n) is 4.13. The summed E-state index contributed by atoms with van der Waals surface area (Å²) in [6.07, 6.45) is 2.95. The Hall–Kier alpha value is -0.760. The summed E-state index contributed by atoms with van der Waals surface area (Å²) < 4.78 is 5.33. The summed E-state index contributed by atoms with van der Waals surface area (Å²) in [5, 5.41) is 3.40. The SMILES string of the molecule is CC1CC(c2ccco2)CN1. The van der Waals surface area contributed by atoms with E-state index in [4.69, 9.17) is 4.42 Å². The minimum absolute atomic E-state index is 0.597. The van der Waals surface area contributed by atoms with Crippen LogP contribution in [0.1, 0.15) is 25.0 Å². The molecule has 0 bridgehead atoms. The maximum Gasteiger partial charge on any atom is 0.108 e. The fourth-order valence-corrected chi connectivity index (χ4v) is 1.68. The highest BCUT2D eigenvalue weighted by Gasteiger charge is 2.23. The summed E-state index contributed by atoms with van der Waals surface area (Å²) in [5.41, 5.74) is 0. The molecule has 1 aromatic rings. The van der Waals surface area contributed by atoms with Crippen LogP contribution in [0.15, 0.2) is 22.8 Å². The van der Waals surface area contributed by atoms with Crippen molar-refractivity contribution in [3.8, 4) is 0 Å². The molecule has 0 amide bonds. The van der Waals surface area contributed by atoms with Gasteiger partial charge in [0.25, 0.3) is 0 Å². The lowest BCUT2D eigenvalue weighted by Gasteiger charge is -2.02.